The van der Waals surface area contributed by atoms with Gasteiger partial charge in [0.1, 0.15) is 5.75 Å². The largest absolute Gasteiger partial charge is 0.507 e. The third-order valence-electron chi connectivity index (χ3n) is 3.38. The van der Waals surface area contributed by atoms with Gasteiger partial charge in [0.05, 0.1) is 0 Å². The molecule has 0 spiro atoms. The number of likely N-dealkylation sites (N-methyl/N-ethyl adjacent to an activating group) is 1. The number of phenols is 1. The molecule has 0 heterocycles. The SMILES string of the molecule is C=CCN(C)CC/C(=C/C)c1c(O)cccc1CC. The Balaban J connectivity index is 2.89. The molecule has 0 saturated heterocycles. The van der Waals surface area contributed by atoms with Crippen molar-refractivity contribution in [1.29, 1.82) is 0 Å². The fourth-order valence-electron chi connectivity index (χ4n) is 2.29. The molecule has 0 aliphatic carbocycles. The van der Waals surface area contributed by atoms with Gasteiger partial charge in [0, 0.05) is 18.7 Å². The number of aryl methyl sites for hydroxylation is 1. The second-order valence-electron chi connectivity index (χ2n) is 4.78. The summed E-state index contributed by atoms with van der Waals surface area (Å²) < 4.78 is 0. The molecule has 0 aromatic heterocycles. The first-order valence-electron chi connectivity index (χ1n) is 6.89. The van der Waals surface area contributed by atoms with E-state index in [1.54, 1.807) is 6.07 Å². The first-order chi connectivity index (χ1) is 9.13. The first kappa shape index (κ1) is 15.5. The average molecular weight is 259 g/mol. The van der Waals surface area contributed by atoms with Crippen molar-refractivity contribution in [2.24, 2.45) is 0 Å². The fourth-order valence-corrected chi connectivity index (χ4v) is 2.29. The molecule has 1 aromatic carbocycles. The molecular weight excluding hydrogens is 234 g/mol. The summed E-state index contributed by atoms with van der Waals surface area (Å²) in [6.07, 6.45) is 5.89. The Hall–Kier alpha value is -1.54. The maximum absolute atomic E-state index is 10.1. The zero-order chi connectivity index (χ0) is 14.3. The molecule has 0 amide bonds. The van der Waals surface area contributed by atoms with Gasteiger partial charge in [-0.2, -0.15) is 0 Å². The van der Waals surface area contributed by atoms with Crippen LogP contribution in [0.3, 0.4) is 0 Å². The summed E-state index contributed by atoms with van der Waals surface area (Å²) >= 11 is 0. The highest BCUT2D eigenvalue weighted by Gasteiger charge is 2.11. The van der Waals surface area contributed by atoms with Crippen LogP contribution in [0.1, 0.15) is 31.4 Å². The van der Waals surface area contributed by atoms with Crippen molar-refractivity contribution in [2.45, 2.75) is 26.7 Å². The van der Waals surface area contributed by atoms with E-state index in [9.17, 15) is 5.11 Å². The van der Waals surface area contributed by atoms with Crippen molar-refractivity contribution < 1.29 is 5.11 Å². The quantitative estimate of drug-likeness (QED) is 0.751. The number of benzene rings is 1. The molecule has 19 heavy (non-hydrogen) atoms. The normalized spacial score (nSPS) is 11.9. The second kappa shape index (κ2) is 7.80. The Morgan fingerprint density at radius 1 is 1.42 bits per heavy atom. The molecular formula is C17H25NO. The Morgan fingerprint density at radius 2 is 2.16 bits per heavy atom. The lowest BCUT2D eigenvalue weighted by Crippen LogP contribution is -2.19. The number of nitrogens with zero attached hydrogens (tertiary/aromatic N) is 1. The molecule has 1 rings (SSSR count). The van der Waals surface area contributed by atoms with E-state index >= 15 is 0 Å². The summed E-state index contributed by atoms with van der Waals surface area (Å²) in [5.74, 6) is 0.388. The zero-order valence-electron chi connectivity index (χ0n) is 12.3. The molecule has 0 bridgehead atoms. The average Bonchev–Trinajstić information content (AvgIpc) is 2.41. The number of aromatic hydroxyl groups is 1. The van der Waals surface area contributed by atoms with E-state index in [2.05, 4.69) is 37.6 Å². The molecule has 0 radical (unpaired) electrons. The Labute approximate surface area is 117 Å². The summed E-state index contributed by atoms with van der Waals surface area (Å²) in [6, 6.07) is 5.77. The number of hydrogen-bond donors (Lipinski definition) is 1. The van der Waals surface area contributed by atoms with E-state index in [-0.39, 0.29) is 0 Å². The van der Waals surface area contributed by atoms with E-state index < -0.39 is 0 Å². The smallest absolute Gasteiger partial charge is 0.123 e. The molecule has 0 unspecified atom stereocenters. The summed E-state index contributed by atoms with van der Waals surface area (Å²) in [7, 11) is 2.08. The maximum atomic E-state index is 10.1. The minimum absolute atomic E-state index is 0.388. The lowest BCUT2D eigenvalue weighted by molar-refractivity contribution is 0.380. The van der Waals surface area contributed by atoms with Gasteiger partial charge in [0.2, 0.25) is 0 Å². The molecule has 0 aliphatic heterocycles. The van der Waals surface area contributed by atoms with E-state index in [0.29, 0.717) is 5.75 Å². The highest BCUT2D eigenvalue weighted by atomic mass is 16.3. The maximum Gasteiger partial charge on any atom is 0.123 e. The molecule has 2 heteroatoms. The molecule has 0 saturated carbocycles. The summed E-state index contributed by atoms with van der Waals surface area (Å²) in [4.78, 5) is 2.22. The fraction of sp³-hybridized carbons (Fsp3) is 0.412. The van der Waals surface area contributed by atoms with Crippen molar-refractivity contribution in [2.75, 3.05) is 20.1 Å². The lowest BCUT2D eigenvalue weighted by Gasteiger charge is -2.18. The molecule has 104 valence electrons. The van der Waals surface area contributed by atoms with Gasteiger partial charge in [-0.1, -0.05) is 31.2 Å². The third kappa shape index (κ3) is 4.25. The Bertz CT molecular complexity index is 449. The summed E-state index contributed by atoms with van der Waals surface area (Å²) in [6.45, 7) is 9.76. The van der Waals surface area contributed by atoms with Gasteiger partial charge in [-0.05, 0) is 44.0 Å². The first-order valence-corrected chi connectivity index (χ1v) is 6.89. The number of phenolic OH excluding ortho intramolecular Hbond substituents is 1. The van der Waals surface area contributed by atoms with Crippen LogP contribution in [0.4, 0.5) is 0 Å². The van der Waals surface area contributed by atoms with Crippen molar-refractivity contribution in [1.82, 2.24) is 4.90 Å². The minimum Gasteiger partial charge on any atom is -0.507 e. The van der Waals surface area contributed by atoms with Gasteiger partial charge in [0.25, 0.3) is 0 Å². The molecule has 0 aliphatic rings. The number of allylic oxidation sites excluding steroid dienone is 1. The Morgan fingerprint density at radius 3 is 2.74 bits per heavy atom. The van der Waals surface area contributed by atoms with E-state index in [1.807, 2.05) is 19.1 Å². The van der Waals surface area contributed by atoms with Crippen LogP contribution in [0.25, 0.3) is 5.57 Å². The van der Waals surface area contributed by atoms with Gasteiger partial charge in [-0.15, -0.1) is 6.58 Å². The van der Waals surface area contributed by atoms with Crippen LogP contribution in [-0.4, -0.2) is 30.1 Å². The molecule has 0 fully saturated rings. The van der Waals surface area contributed by atoms with Crippen LogP contribution >= 0.6 is 0 Å². The standard InChI is InChI=1S/C17H25NO/c1-5-12-18(4)13-11-15(7-3)17-14(6-2)9-8-10-16(17)19/h5,7-10,19H,1,6,11-13H2,2-4H3/b15-7-. The minimum atomic E-state index is 0.388. The monoisotopic (exact) mass is 259 g/mol. The van der Waals surface area contributed by atoms with Gasteiger partial charge in [0.15, 0.2) is 0 Å². The molecule has 2 nitrogen and oxygen atoms in total. The van der Waals surface area contributed by atoms with Gasteiger partial charge in [-0.3, -0.25) is 0 Å². The summed E-state index contributed by atoms with van der Waals surface area (Å²) in [5, 5.41) is 10.1. The molecule has 1 aromatic rings. The Kier molecular flexibility index (Phi) is 6.37. The second-order valence-corrected chi connectivity index (χ2v) is 4.78. The van der Waals surface area contributed by atoms with Crippen LogP contribution in [0, 0.1) is 0 Å². The topological polar surface area (TPSA) is 23.5 Å². The van der Waals surface area contributed by atoms with Crippen molar-refractivity contribution in [3.8, 4) is 5.75 Å². The number of hydrogen-bond acceptors (Lipinski definition) is 2. The molecule has 0 atom stereocenters. The zero-order valence-corrected chi connectivity index (χ0v) is 12.3. The van der Waals surface area contributed by atoms with E-state index in [1.165, 1.54) is 11.1 Å². The van der Waals surface area contributed by atoms with Crippen LogP contribution in [-0.2, 0) is 6.42 Å². The number of rotatable bonds is 7. The van der Waals surface area contributed by atoms with Crippen LogP contribution < -0.4 is 0 Å². The predicted octanol–water partition coefficient (Wildman–Crippen LogP) is 3.87. The van der Waals surface area contributed by atoms with Gasteiger partial charge in [-0.25, -0.2) is 0 Å². The third-order valence-corrected chi connectivity index (χ3v) is 3.38. The predicted molar refractivity (Wildman–Crippen MR) is 83.4 cm³/mol. The molecule has 1 N–H and O–H groups in total. The van der Waals surface area contributed by atoms with E-state index in [4.69, 9.17) is 0 Å². The van der Waals surface area contributed by atoms with E-state index in [0.717, 1.165) is 31.5 Å². The van der Waals surface area contributed by atoms with Gasteiger partial charge >= 0.3 is 0 Å². The lowest BCUT2D eigenvalue weighted by atomic mass is 9.94. The highest BCUT2D eigenvalue weighted by molar-refractivity contribution is 5.73. The van der Waals surface area contributed by atoms with Crippen LogP contribution in [0.5, 0.6) is 5.75 Å². The van der Waals surface area contributed by atoms with Crippen molar-refractivity contribution >= 4 is 5.57 Å². The highest BCUT2D eigenvalue weighted by Crippen LogP contribution is 2.31. The van der Waals surface area contributed by atoms with Gasteiger partial charge < -0.3 is 10.0 Å². The summed E-state index contributed by atoms with van der Waals surface area (Å²) in [5.41, 5.74) is 3.44. The van der Waals surface area contributed by atoms with Crippen LogP contribution in [0.2, 0.25) is 0 Å². The van der Waals surface area contributed by atoms with Crippen LogP contribution in [0.15, 0.2) is 36.9 Å². The van der Waals surface area contributed by atoms with Crippen molar-refractivity contribution in [3.05, 3.63) is 48.1 Å². The van der Waals surface area contributed by atoms with Crippen molar-refractivity contribution in [3.63, 3.8) is 0 Å².